The number of para-hydroxylation sites is 1. The van der Waals surface area contributed by atoms with Crippen LogP contribution in [0.25, 0.3) is 5.69 Å². The third kappa shape index (κ3) is 3.93. The van der Waals surface area contributed by atoms with Crippen LogP contribution in [0.2, 0.25) is 5.02 Å². The van der Waals surface area contributed by atoms with E-state index in [0.717, 1.165) is 21.2 Å². The number of benzene rings is 2. The minimum absolute atomic E-state index is 0.290. The number of nitrogens with zero attached hydrogens (tertiary/aromatic N) is 2. The van der Waals surface area contributed by atoms with Gasteiger partial charge in [0.25, 0.3) is 0 Å². The molecule has 2 N–H and O–H groups in total. The normalized spacial score (nSPS) is 10.7. The molecule has 0 radical (unpaired) electrons. The lowest BCUT2D eigenvalue weighted by atomic mass is 10.2. The second-order valence-electron chi connectivity index (χ2n) is 5.47. The van der Waals surface area contributed by atoms with Gasteiger partial charge in [-0.25, -0.2) is 9.48 Å². The van der Waals surface area contributed by atoms with Gasteiger partial charge in [0.1, 0.15) is 5.03 Å². The topological polar surface area (TPSA) is 70.1 Å². The molecule has 3 aromatic rings. The molecule has 0 bridgehead atoms. The third-order valence-corrected chi connectivity index (χ3v) is 5.11. The summed E-state index contributed by atoms with van der Waals surface area (Å²) >= 11 is 7.49. The molecule has 1 heterocycles. The maximum absolute atomic E-state index is 12.2. The van der Waals surface area contributed by atoms with Gasteiger partial charge in [0.2, 0.25) is 0 Å². The molecule has 0 saturated heterocycles. The fourth-order valence-electron chi connectivity index (χ4n) is 2.53. The van der Waals surface area contributed by atoms with Gasteiger partial charge < -0.3 is 10.5 Å². The first kappa shape index (κ1) is 18.5. The van der Waals surface area contributed by atoms with Crippen molar-refractivity contribution in [3.05, 3.63) is 70.9 Å². The summed E-state index contributed by atoms with van der Waals surface area (Å²) in [7, 11) is 1.35. The van der Waals surface area contributed by atoms with E-state index in [0.29, 0.717) is 23.7 Å². The minimum atomic E-state index is -0.471. The second kappa shape index (κ2) is 8.40. The van der Waals surface area contributed by atoms with Crippen molar-refractivity contribution in [3.63, 3.8) is 0 Å². The van der Waals surface area contributed by atoms with Crippen molar-refractivity contribution in [1.29, 1.82) is 0 Å². The molecule has 26 heavy (non-hydrogen) atoms. The molecule has 0 amide bonds. The summed E-state index contributed by atoms with van der Waals surface area (Å²) < 4.78 is 6.67. The average molecular weight is 388 g/mol. The lowest BCUT2D eigenvalue weighted by Gasteiger charge is -2.09. The van der Waals surface area contributed by atoms with Crippen molar-refractivity contribution in [3.8, 4) is 5.69 Å². The summed E-state index contributed by atoms with van der Waals surface area (Å²) in [4.78, 5) is 13.2. The van der Waals surface area contributed by atoms with Gasteiger partial charge in [-0.05, 0) is 49.4 Å². The monoisotopic (exact) mass is 387 g/mol. The second-order valence-corrected chi connectivity index (χ2v) is 6.96. The third-order valence-electron chi connectivity index (χ3n) is 3.74. The zero-order chi connectivity index (χ0) is 18.5. The van der Waals surface area contributed by atoms with E-state index >= 15 is 0 Å². The molecule has 3 rings (SSSR count). The maximum atomic E-state index is 12.2. The molecule has 0 atom stereocenters. The van der Waals surface area contributed by atoms with Gasteiger partial charge in [-0.15, -0.1) is 0 Å². The van der Waals surface area contributed by atoms with Crippen LogP contribution >= 0.6 is 23.4 Å². The number of rotatable bonds is 6. The highest BCUT2D eigenvalue weighted by Gasteiger charge is 2.24. The average Bonchev–Trinajstić information content (AvgIpc) is 3.02. The van der Waals surface area contributed by atoms with Crippen molar-refractivity contribution in [2.75, 3.05) is 13.7 Å². The molecule has 0 saturated carbocycles. The van der Waals surface area contributed by atoms with E-state index in [1.165, 1.54) is 18.9 Å². The van der Waals surface area contributed by atoms with Crippen LogP contribution in [0.1, 0.15) is 16.1 Å². The Morgan fingerprint density at radius 2 is 1.88 bits per heavy atom. The number of nitrogens with two attached hydrogens (primary N) is 1. The Kier molecular flexibility index (Phi) is 5.98. The molecule has 0 aliphatic rings. The Hall–Kier alpha value is -2.28. The van der Waals surface area contributed by atoms with Crippen molar-refractivity contribution in [1.82, 2.24) is 9.78 Å². The number of halogens is 1. The van der Waals surface area contributed by atoms with Crippen LogP contribution in [0.4, 0.5) is 0 Å². The summed E-state index contributed by atoms with van der Waals surface area (Å²) in [6.07, 6.45) is 0.521. The molecule has 0 aliphatic heterocycles. The maximum Gasteiger partial charge on any atom is 0.358 e. The van der Waals surface area contributed by atoms with Gasteiger partial charge in [0, 0.05) is 15.5 Å². The summed E-state index contributed by atoms with van der Waals surface area (Å²) in [5.74, 6) is -0.471. The van der Waals surface area contributed by atoms with Crippen molar-refractivity contribution < 1.29 is 9.53 Å². The van der Waals surface area contributed by atoms with E-state index in [1.807, 2.05) is 54.6 Å². The van der Waals surface area contributed by atoms with Crippen molar-refractivity contribution >= 4 is 29.3 Å². The molecular weight excluding hydrogens is 370 g/mol. The Bertz CT molecular complexity index is 895. The molecule has 0 spiro atoms. The van der Waals surface area contributed by atoms with Gasteiger partial charge in [-0.1, -0.05) is 41.6 Å². The highest BCUT2D eigenvalue weighted by atomic mass is 35.5. The van der Waals surface area contributed by atoms with Gasteiger partial charge in [0.15, 0.2) is 5.69 Å². The zero-order valence-corrected chi connectivity index (χ0v) is 15.8. The van der Waals surface area contributed by atoms with Crippen LogP contribution < -0.4 is 5.73 Å². The molecule has 7 heteroatoms. The zero-order valence-electron chi connectivity index (χ0n) is 14.2. The highest BCUT2D eigenvalue weighted by molar-refractivity contribution is 7.99. The predicted molar refractivity (Wildman–Crippen MR) is 103 cm³/mol. The summed E-state index contributed by atoms with van der Waals surface area (Å²) in [5.41, 5.74) is 7.71. The first-order valence-corrected chi connectivity index (χ1v) is 9.22. The number of aromatic nitrogens is 2. The molecule has 5 nitrogen and oxygen atoms in total. The van der Waals surface area contributed by atoms with E-state index in [9.17, 15) is 4.79 Å². The molecule has 0 unspecified atom stereocenters. The van der Waals surface area contributed by atoms with Crippen LogP contribution in [0.15, 0.2) is 64.5 Å². The van der Waals surface area contributed by atoms with Gasteiger partial charge in [-0.2, -0.15) is 5.10 Å². The molecule has 0 aliphatic carbocycles. The Balaban J connectivity index is 2.15. The fraction of sp³-hybridized carbons (Fsp3) is 0.158. The van der Waals surface area contributed by atoms with Crippen LogP contribution in [0, 0.1) is 0 Å². The lowest BCUT2D eigenvalue weighted by molar-refractivity contribution is 0.0592. The Morgan fingerprint density at radius 3 is 2.50 bits per heavy atom. The van der Waals surface area contributed by atoms with Crippen LogP contribution in [-0.2, 0) is 11.2 Å². The SMILES string of the molecule is COC(=O)c1nn(-c2ccccc2)c(Sc2ccc(Cl)cc2)c1CCN. The fourth-order valence-corrected chi connectivity index (χ4v) is 3.70. The summed E-state index contributed by atoms with van der Waals surface area (Å²) in [6, 6.07) is 17.2. The van der Waals surface area contributed by atoms with Crippen molar-refractivity contribution in [2.45, 2.75) is 16.3 Å². The van der Waals surface area contributed by atoms with Crippen LogP contribution in [0.3, 0.4) is 0 Å². The van der Waals surface area contributed by atoms with E-state index in [1.54, 1.807) is 4.68 Å². The van der Waals surface area contributed by atoms with E-state index in [2.05, 4.69) is 5.10 Å². The summed E-state index contributed by atoms with van der Waals surface area (Å²) in [6.45, 7) is 0.401. The molecular formula is C19H18ClN3O2S. The first-order chi connectivity index (χ1) is 12.6. The van der Waals surface area contributed by atoms with E-state index in [-0.39, 0.29) is 0 Å². The Morgan fingerprint density at radius 1 is 1.19 bits per heavy atom. The number of esters is 1. The molecule has 2 aromatic carbocycles. The van der Waals surface area contributed by atoms with Crippen LogP contribution in [0.5, 0.6) is 0 Å². The summed E-state index contributed by atoms with van der Waals surface area (Å²) in [5, 5.41) is 6.03. The van der Waals surface area contributed by atoms with E-state index < -0.39 is 5.97 Å². The van der Waals surface area contributed by atoms with Gasteiger partial charge >= 0.3 is 5.97 Å². The van der Waals surface area contributed by atoms with Gasteiger partial charge in [-0.3, -0.25) is 0 Å². The number of methoxy groups -OCH3 is 1. The lowest BCUT2D eigenvalue weighted by Crippen LogP contribution is -2.09. The molecule has 0 fully saturated rings. The van der Waals surface area contributed by atoms with E-state index in [4.69, 9.17) is 22.1 Å². The molecule has 134 valence electrons. The number of carbonyl (C=O) groups is 1. The first-order valence-electron chi connectivity index (χ1n) is 8.03. The number of ether oxygens (including phenoxy) is 1. The minimum Gasteiger partial charge on any atom is -0.464 e. The number of hydrogen-bond acceptors (Lipinski definition) is 5. The largest absolute Gasteiger partial charge is 0.464 e. The van der Waals surface area contributed by atoms with Crippen LogP contribution in [-0.4, -0.2) is 29.4 Å². The highest BCUT2D eigenvalue weighted by Crippen LogP contribution is 2.35. The Labute approximate surface area is 161 Å². The van der Waals surface area contributed by atoms with Gasteiger partial charge in [0.05, 0.1) is 12.8 Å². The standard InChI is InChI=1S/C19H18ClN3O2S/c1-25-19(24)17-16(11-12-21)18(26-15-9-7-13(20)8-10-15)23(22-17)14-5-3-2-4-6-14/h2-10H,11-12,21H2,1H3. The van der Waals surface area contributed by atoms with Crippen molar-refractivity contribution in [2.24, 2.45) is 5.73 Å². The predicted octanol–water partition coefficient (Wildman–Crippen LogP) is 3.96. The quantitative estimate of drug-likeness (QED) is 0.648. The number of carbonyl (C=O) groups excluding carboxylic acids is 1. The smallest absolute Gasteiger partial charge is 0.358 e. The number of hydrogen-bond donors (Lipinski definition) is 1. The molecule has 1 aromatic heterocycles.